The molecule has 0 aliphatic rings. The van der Waals surface area contributed by atoms with Crippen molar-refractivity contribution in [3.63, 3.8) is 0 Å². The molecule has 0 atom stereocenters. The predicted molar refractivity (Wildman–Crippen MR) is 61.3 cm³/mol. The summed E-state index contributed by atoms with van der Waals surface area (Å²) in [7, 11) is 0. The Labute approximate surface area is 98.1 Å². The SMILES string of the molecule is CC(C)(N)c1noc(Cn2ccccc2=O)n1. The van der Waals surface area contributed by atoms with Crippen molar-refractivity contribution in [3.8, 4) is 0 Å². The van der Waals surface area contributed by atoms with E-state index in [9.17, 15) is 4.79 Å². The second-order valence-corrected chi connectivity index (χ2v) is 4.40. The van der Waals surface area contributed by atoms with Crippen molar-refractivity contribution in [2.75, 3.05) is 0 Å². The molecule has 17 heavy (non-hydrogen) atoms. The highest BCUT2D eigenvalue weighted by molar-refractivity contribution is 5.00. The molecule has 0 amide bonds. The van der Waals surface area contributed by atoms with Crippen LogP contribution in [0.4, 0.5) is 0 Å². The van der Waals surface area contributed by atoms with Crippen LogP contribution in [0.2, 0.25) is 0 Å². The molecule has 0 aliphatic carbocycles. The Morgan fingerprint density at radius 1 is 1.47 bits per heavy atom. The highest BCUT2D eigenvalue weighted by atomic mass is 16.5. The second-order valence-electron chi connectivity index (χ2n) is 4.40. The lowest BCUT2D eigenvalue weighted by molar-refractivity contribution is 0.354. The molecular formula is C11H14N4O2. The van der Waals surface area contributed by atoms with Gasteiger partial charge in [-0.1, -0.05) is 11.2 Å². The predicted octanol–water partition coefficient (Wildman–Crippen LogP) is 0.473. The molecule has 2 N–H and O–H groups in total. The zero-order chi connectivity index (χ0) is 12.5. The van der Waals surface area contributed by atoms with Crippen LogP contribution < -0.4 is 11.3 Å². The van der Waals surface area contributed by atoms with E-state index in [1.807, 2.05) is 0 Å². The lowest BCUT2D eigenvalue weighted by Gasteiger charge is -2.11. The monoisotopic (exact) mass is 234 g/mol. The molecule has 0 aliphatic heterocycles. The van der Waals surface area contributed by atoms with Crippen LogP contribution in [0.15, 0.2) is 33.7 Å². The van der Waals surface area contributed by atoms with Gasteiger partial charge in [-0.05, 0) is 19.9 Å². The van der Waals surface area contributed by atoms with Gasteiger partial charge in [0.05, 0.1) is 5.54 Å². The van der Waals surface area contributed by atoms with Crippen molar-refractivity contribution >= 4 is 0 Å². The zero-order valence-electron chi connectivity index (χ0n) is 9.75. The number of pyridine rings is 1. The summed E-state index contributed by atoms with van der Waals surface area (Å²) in [6.07, 6.45) is 1.67. The molecule has 0 bridgehead atoms. The molecular weight excluding hydrogens is 220 g/mol. The minimum Gasteiger partial charge on any atom is -0.337 e. The van der Waals surface area contributed by atoms with Crippen molar-refractivity contribution < 1.29 is 4.52 Å². The summed E-state index contributed by atoms with van der Waals surface area (Å²) in [5, 5.41) is 3.79. The fourth-order valence-electron chi connectivity index (χ4n) is 1.32. The van der Waals surface area contributed by atoms with Crippen LogP contribution in [0, 0.1) is 0 Å². The van der Waals surface area contributed by atoms with Crippen LogP contribution >= 0.6 is 0 Å². The van der Waals surface area contributed by atoms with Crippen molar-refractivity contribution in [1.82, 2.24) is 14.7 Å². The average Bonchev–Trinajstić information content (AvgIpc) is 2.69. The fourth-order valence-corrected chi connectivity index (χ4v) is 1.32. The minimum absolute atomic E-state index is 0.112. The zero-order valence-corrected chi connectivity index (χ0v) is 9.75. The van der Waals surface area contributed by atoms with E-state index in [0.717, 1.165) is 0 Å². The topological polar surface area (TPSA) is 86.9 Å². The molecule has 0 aromatic carbocycles. The lowest BCUT2D eigenvalue weighted by atomic mass is 10.1. The molecule has 0 spiro atoms. The maximum absolute atomic E-state index is 11.5. The molecule has 0 radical (unpaired) electrons. The molecule has 6 heteroatoms. The highest BCUT2D eigenvalue weighted by Gasteiger charge is 2.21. The van der Waals surface area contributed by atoms with Gasteiger partial charge < -0.3 is 14.8 Å². The number of hydrogen-bond acceptors (Lipinski definition) is 5. The summed E-state index contributed by atoms with van der Waals surface area (Å²) in [5.41, 5.74) is 5.08. The Kier molecular flexibility index (Phi) is 2.81. The summed E-state index contributed by atoms with van der Waals surface area (Å²) < 4.78 is 6.54. The highest BCUT2D eigenvalue weighted by Crippen LogP contribution is 2.12. The Hall–Kier alpha value is -1.95. The van der Waals surface area contributed by atoms with Crippen LogP contribution in [-0.2, 0) is 12.1 Å². The molecule has 90 valence electrons. The van der Waals surface area contributed by atoms with E-state index in [2.05, 4.69) is 10.1 Å². The molecule has 0 saturated heterocycles. The molecule has 2 aromatic rings. The molecule has 0 saturated carbocycles. The summed E-state index contributed by atoms with van der Waals surface area (Å²) in [5.74, 6) is 0.795. The van der Waals surface area contributed by atoms with Crippen LogP contribution in [0.1, 0.15) is 25.6 Å². The Bertz CT molecular complexity index is 565. The third-order valence-corrected chi connectivity index (χ3v) is 2.25. The van der Waals surface area contributed by atoms with Gasteiger partial charge in [0, 0.05) is 12.3 Å². The smallest absolute Gasteiger partial charge is 0.250 e. The average molecular weight is 234 g/mol. The van der Waals surface area contributed by atoms with E-state index < -0.39 is 5.54 Å². The quantitative estimate of drug-likeness (QED) is 0.834. The van der Waals surface area contributed by atoms with Gasteiger partial charge in [-0.2, -0.15) is 4.98 Å². The molecule has 2 heterocycles. The summed E-state index contributed by atoms with van der Waals surface area (Å²) in [4.78, 5) is 15.6. The first-order valence-electron chi connectivity index (χ1n) is 5.24. The normalized spacial score (nSPS) is 11.7. The van der Waals surface area contributed by atoms with Gasteiger partial charge >= 0.3 is 0 Å². The number of nitrogens with zero attached hydrogens (tertiary/aromatic N) is 3. The van der Waals surface area contributed by atoms with Gasteiger partial charge in [0.2, 0.25) is 5.89 Å². The Morgan fingerprint density at radius 2 is 2.24 bits per heavy atom. The number of nitrogens with two attached hydrogens (primary N) is 1. The van der Waals surface area contributed by atoms with Gasteiger partial charge in [-0.3, -0.25) is 4.79 Å². The van der Waals surface area contributed by atoms with E-state index in [4.69, 9.17) is 10.3 Å². The minimum atomic E-state index is -0.649. The number of hydrogen-bond donors (Lipinski definition) is 1. The molecule has 2 aromatic heterocycles. The van der Waals surface area contributed by atoms with Gasteiger partial charge in [-0.15, -0.1) is 0 Å². The second kappa shape index (κ2) is 4.14. The molecule has 0 fully saturated rings. The van der Waals surface area contributed by atoms with E-state index in [1.165, 1.54) is 10.6 Å². The first kappa shape index (κ1) is 11.5. The van der Waals surface area contributed by atoms with Crippen molar-refractivity contribution in [2.24, 2.45) is 5.73 Å². The van der Waals surface area contributed by atoms with E-state index in [0.29, 0.717) is 11.7 Å². The largest absolute Gasteiger partial charge is 0.337 e. The van der Waals surface area contributed by atoms with E-state index in [1.54, 1.807) is 32.2 Å². The van der Waals surface area contributed by atoms with Crippen LogP contribution in [0.25, 0.3) is 0 Å². The summed E-state index contributed by atoms with van der Waals surface area (Å²) >= 11 is 0. The van der Waals surface area contributed by atoms with Gasteiger partial charge in [-0.25, -0.2) is 0 Å². The van der Waals surface area contributed by atoms with Crippen LogP contribution in [0.3, 0.4) is 0 Å². The molecule has 6 nitrogen and oxygen atoms in total. The number of aromatic nitrogens is 3. The molecule has 2 rings (SSSR count). The fraction of sp³-hybridized carbons (Fsp3) is 0.364. The maximum Gasteiger partial charge on any atom is 0.250 e. The first-order chi connectivity index (χ1) is 7.97. The van der Waals surface area contributed by atoms with Gasteiger partial charge in [0.25, 0.3) is 5.56 Å². The Balaban J connectivity index is 2.24. The Morgan fingerprint density at radius 3 is 2.82 bits per heavy atom. The summed E-state index contributed by atoms with van der Waals surface area (Å²) in [6.45, 7) is 3.83. The third kappa shape index (κ3) is 2.59. The van der Waals surface area contributed by atoms with Gasteiger partial charge in [0.15, 0.2) is 5.82 Å². The van der Waals surface area contributed by atoms with E-state index in [-0.39, 0.29) is 12.1 Å². The van der Waals surface area contributed by atoms with E-state index >= 15 is 0 Å². The third-order valence-electron chi connectivity index (χ3n) is 2.25. The standard InChI is InChI=1S/C11H14N4O2/c1-11(2,12)10-13-8(17-14-10)7-15-6-4-3-5-9(15)16/h3-6H,7,12H2,1-2H3. The first-order valence-corrected chi connectivity index (χ1v) is 5.24. The number of rotatable bonds is 3. The summed E-state index contributed by atoms with van der Waals surface area (Å²) in [6, 6.07) is 4.93. The molecule has 0 unspecified atom stereocenters. The van der Waals surface area contributed by atoms with Crippen molar-refractivity contribution in [3.05, 3.63) is 46.5 Å². The van der Waals surface area contributed by atoms with Crippen LogP contribution in [0.5, 0.6) is 0 Å². The van der Waals surface area contributed by atoms with Gasteiger partial charge in [0.1, 0.15) is 6.54 Å². The van der Waals surface area contributed by atoms with Crippen molar-refractivity contribution in [1.29, 1.82) is 0 Å². The maximum atomic E-state index is 11.5. The van der Waals surface area contributed by atoms with Crippen molar-refractivity contribution in [2.45, 2.75) is 25.9 Å². The van der Waals surface area contributed by atoms with Crippen LogP contribution in [-0.4, -0.2) is 14.7 Å². The lowest BCUT2D eigenvalue weighted by Crippen LogP contribution is -2.30.